The summed E-state index contributed by atoms with van der Waals surface area (Å²) in [5.41, 5.74) is 2.19. The molecular weight excluding hydrogens is 458 g/mol. The Hall–Kier alpha value is -2.95. The first-order valence-electron chi connectivity index (χ1n) is 11.1. The predicted molar refractivity (Wildman–Crippen MR) is 128 cm³/mol. The average Bonchev–Trinajstić information content (AvgIpc) is 3.34. The van der Waals surface area contributed by atoms with Crippen molar-refractivity contribution in [3.63, 3.8) is 0 Å². The topological polar surface area (TPSA) is 114 Å². The summed E-state index contributed by atoms with van der Waals surface area (Å²) in [4.78, 5) is 27.2. The standard InChI is InChI=1S/C24H31N3O6S/c1-17-6-4-7-18(2)24(17)27(16-22(28)25-14-20-8-5-13-33-20)23(29)15-26-34(30,31)21-11-9-19(32-3)10-12-21/h4,6-7,9-12,20,26H,5,8,13-16H2,1-3H3,(H,25,28)/t20-/m1/s1. The Morgan fingerprint density at radius 1 is 1.12 bits per heavy atom. The highest BCUT2D eigenvalue weighted by Crippen LogP contribution is 2.25. The number of hydrogen-bond acceptors (Lipinski definition) is 6. The van der Waals surface area contributed by atoms with E-state index in [0.717, 1.165) is 24.0 Å². The van der Waals surface area contributed by atoms with Crippen molar-refractivity contribution in [1.29, 1.82) is 0 Å². The van der Waals surface area contributed by atoms with Crippen molar-refractivity contribution < 1.29 is 27.5 Å². The Balaban J connectivity index is 1.73. The zero-order chi connectivity index (χ0) is 24.7. The molecule has 2 amide bonds. The molecule has 0 bridgehead atoms. The first-order valence-corrected chi connectivity index (χ1v) is 12.6. The van der Waals surface area contributed by atoms with E-state index in [9.17, 15) is 18.0 Å². The van der Waals surface area contributed by atoms with Crippen molar-refractivity contribution in [1.82, 2.24) is 10.0 Å². The van der Waals surface area contributed by atoms with Crippen LogP contribution in [0.3, 0.4) is 0 Å². The number of sulfonamides is 1. The lowest BCUT2D eigenvalue weighted by Gasteiger charge is -2.26. The molecule has 2 N–H and O–H groups in total. The molecule has 0 aliphatic carbocycles. The van der Waals surface area contributed by atoms with Crippen molar-refractivity contribution >= 4 is 27.5 Å². The van der Waals surface area contributed by atoms with E-state index in [1.807, 2.05) is 32.0 Å². The van der Waals surface area contributed by atoms with Gasteiger partial charge >= 0.3 is 0 Å². The molecule has 184 valence electrons. The van der Waals surface area contributed by atoms with Gasteiger partial charge in [0.1, 0.15) is 12.3 Å². The quantitative estimate of drug-likeness (QED) is 0.527. The maximum Gasteiger partial charge on any atom is 0.242 e. The summed E-state index contributed by atoms with van der Waals surface area (Å²) < 4.78 is 38.3. The second-order valence-corrected chi connectivity index (χ2v) is 9.93. The Kier molecular flexibility index (Phi) is 8.65. The van der Waals surface area contributed by atoms with Crippen LogP contribution >= 0.6 is 0 Å². The van der Waals surface area contributed by atoms with E-state index in [1.54, 1.807) is 0 Å². The summed E-state index contributed by atoms with van der Waals surface area (Å²) in [6.45, 7) is 4.01. The number of carbonyl (C=O) groups excluding carboxylic acids is 2. The first kappa shape index (κ1) is 25.7. The first-order chi connectivity index (χ1) is 16.2. The number of para-hydroxylation sites is 1. The van der Waals surface area contributed by atoms with E-state index >= 15 is 0 Å². The van der Waals surface area contributed by atoms with Gasteiger partial charge in [-0.05, 0) is 62.1 Å². The van der Waals surface area contributed by atoms with E-state index in [1.165, 1.54) is 36.3 Å². The third-order valence-electron chi connectivity index (χ3n) is 5.65. The van der Waals surface area contributed by atoms with Crippen LogP contribution in [0, 0.1) is 13.8 Å². The van der Waals surface area contributed by atoms with Crippen LogP contribution in [0.15, 0.2) is 47.4 Å². The van der Waals surface area contributed by atoms with Crippen molar-refractivity contribution in [2.45, 2.75) is 37.7 Å². The molecule has 1 atom stereocenters. The Bertz CT molecular complexity index is 1090. The van der Waals surface area contributed by atoms with E-state index in [-0.39, 0.29) is 23.5 Å². The minimum atomic E-state index is -3.94. The second kappa shape index (κ2) is 11.5. The smallest absolute Gasteiger partial charge is 0.242 e. The summed E-state index contributed by atoms with van der Waals surface area (Å²) >= 11 is 0. The van der Waals surface area contributed by atoms with Gasteiger partial charge in [0.2, 0.25) is 21.8 Å². The van der Waals surface area contributed by atoms with Crippen LogP contribution in [-0.4, -0.2) is 59.7 Å². The van der Waals surface area contributed by atoms with Gasteiger partial charge in [-0.3, -0.25) is 9.59 Å². The molecule has 0 unspecified atom stereocenters. The molecule has 0 aromatic heterocycles. The highest BCUT2D eigenvalue weighted by Gasteiger charge is 2.25. The summed E-state index contributed by atoms with van der Waals surface area (Å²) in [7, 11) is -2.45. The molecular formula is C24H31N3O6S. The lowest BCUT2D eigenvalue weighted by Crippen LogP contribution is -2.46. The van der Waals surface area contributed by atoms with Crippen LogP contribution in [-0.2, 0) is 24.3 Å². The number of hydrogen-bond donors (Lipinski definition) is 2. The third kappa shape index (κ3) is 6.55. The molecule has 0 radical (unpaired) electrons. The molecule has 1 aliphatic rings. The summed E-state index contributed by atoms with van der Waals surface area (Å²) in [5.74, 6) is -0.364. The number of carbonyl (C=O) groups is 2. The number of nitrogens with zero attached hydrogens (tertiary/aromatic N) is 1. The summed E-state index contributed by atoms with van der Waals surface area (Å²) in [6, 6.07) is 11.4. The number of ether oxygens (including phenoxy) is 2. The molecule has 0 spiro atoms. The number of nitrogens with one attached hydrogen (secondary N) is 2. The highest BCUT2D eigenvalue weighted by molar-refractivity contribution is 7.89. The monoisotopic (exact) mass is 489 g/mol. The minimum Gasteiger partial charge on any atom is -0.497 e. The van der Waals surface area contributed by atoms with Crippen molar-refractivity contribution in [3.05, 3.63) is 53.6 Å². The summed E-state index contributed by atoms with van der Waals surface area (Å²) in [6.07, 6.45) is 1.82. The molecule has 0 saturated carbocycles. The predicted octanol–water partition coefficient (Wildman–Crippen LogP) is 1.92. The lowest BCUT2D eigenvalue weighted by molar-refractivity contribution is -0.123. The minimum absolute atomic E-state index is 0.00836. The number of methoxy groups -OCH3 is 1. The fourth-order valence-corrected chi connectivity index (χ4v) is 4.82. The van der Waals surface area contributed by atoms with Crippen molar-refractivity contribution in [3.8, 4) is 5.75 Å². The molecule has 3 rings (SSSR count). The zero-order valence-electron chi connectivity index (χ0n) is 19.7. The van der Waals surface area contributed by atoms with Crippen LogP contribution in [0.25, 0.3) is 0 Å². The van der Waals surface area contributed by atoms with Gasteiger partial charge in [0.05, 0.1) is 30.3 Å². The van der Waals surface area contributed by atoms with Crippen molar-refractivity contribution in [2.75, 3.05) is 38.3 Å². The molecule has 10 heteroatoms. The van der Waals surface area contributed by atoms with E-state index in [0.29, 0.717) is 24.6 Å². The van der Waals surface area contributed by atoms with Gasteiger partial charge in [-0.2, -0.15) is 0 Å². The molecule has 2 aromatic carbocycles. The number of anilines is 1. The highest BCUT2D eigenvalue weighted by atomic mass is 32.2. The normalized spacial score (nSPS) is 15.7. The molecule has 2 aromatic rings. The second-order valence-electron chi connectivity index (χ2n) is 8.16. The Morgan fingerprint density at radius 2 is 1.79 bits per heavy atom. The van der Waals surface area contributed by atoms with Gasteiger partial charge in [-0.15, -0.1) is 0 Å². The lowest BCUT2D eigenvalue weighted by atomic mass is 10.1. The van der Waals surface area contributed by atoms with E-state index in [4.69, 9.17) is 9.47 Å². The number of rotatable bonds is 10. The van der Waals surface area contributed by atoms with Crippen molar-refractivity contribution in [2.24, 2.45) is 0 Å². The molecule has 9 nitrogen and oxygen atoms in total. The fraction of sp³-hybridized carbons (Fsp3) is 0.417. The Morgan fingerprint density at radius 3 is 2.38 bits per heavy atom. The molecule has 1 heterocycles. The van der Waals surface area contributed by atoms with Gasteiger partial charge < -0.3 is 19.7 Å². The van der Waals surface area contributed by atoms with Crippen LogP contribution in [0.2, 0.25) is 0 Å². The summed E-state index contributed by atoms with van der Waals surface area (Å²) in [5, 5.41) is 2.82. The van der Waals surface area contributed by atoms with E-state index < -0.39 is 22.5 Å². The average molecular weight is 490 g/mol. The molecule has 1 aliphatic heterocycles. The van der Waals surface area contributed by atoms with Gasteiger partial charge in [0, 0.05) is 13.2 Å². The number of amides is 2. The maximum atomic E-state index is 13.2. The van der Waals surface area contributed by atoms with E-state index in [2.05, 4.69) is 10.0 Å². The SMILES string of the molecule is COc1ccc(S(=O)(=O)NCC(=O)N(CC(=O)NC[C@H]2CCCO2)c2c(C)cccc2C)cc1. The van der Waals surface area contributed by atoms with Crippen LogP contribution in [0.5, 0.6) is 5.75 Å². The maximum absolute atomic E-state index is 13.2. The third-order valence-corrected chi connectivity index (χ3v) is 7.06. The zero-order valence-corrected chi connectivity index (χ0v) is 20.5. The molecule has 34 heavy (non-hydrogen) atoms. The van der Waals surface area contributed by atoms with Gasteiger partial charge in [-0.1, -0.05) is 18.2 Å². The van der Waals surface area contributed by atoms with Gasteiger partial charge in [0.15, 0.2) is 0 Å². The molecule has 1 saturated heterocycles. The van der Waals surface area contributed by atoms with Gasteiger partial charge in [-0.25, -0.2) is 13.1 Å². The largest absolute Gasteiger partial charge is 0.497 e. The van der Waals surface area contributed by atoms with Crippen LogP contribution < -0.4 is 19.7 Å². The number of benzene rings is 2. The van der Waals surface area contributed by atoms with Gasteiger partial charge in [0.25, 0.3) is 0 Å². The fourth-order valence-electron chi connectivity index (χ4n) is 3.85. The Labute approximate surface area is 200 Å². The van der Waals surface area contributed by atoms with Crippen LogP contribution in [0.4, 0.5) is 5.69 Å². The number of aryl methyl sites for hydroxylation is 2. The molecule has 1 fully saturated rings. The van der Waals surface area contributed by atoms with Crippen LogP contribution in [0.1, 0.15) is 24.0 Å².